The Morgan fingerprint density at radius 3 is 2.86 bits per heavy atom. The third-order valence-electron chi connectivity index (χ3n) is 3.99. The highest BCUT2D eigenvalue weighted by molar-refractivity contribution is 8.00. The topological polar surface area (TPSA) is 132 Å². The monoisotopic (exact) mass is 351 g/mol. The summed E-state index contributed by atoms with van der Waals surface area (Å²) in [6.07, 6.45) is -0.255. The number of amides is 1. The highest BCUT2D eigenvalue weighted by atomic mass is 32.2. The number of rotatable bonds is 4. The summed E-state index contributed by atoms with van der Waals surface area (Å²) in [7, 11) is -2.99. The molecule has 0 aliphatic carbocycles. The molecule has 9 nitrogen and oxygen atoms in total. The molecule has 0 radical (unpaired) electrons. The van der Waals surface area contributed by atoms with Gasteiger partial charge in [0.25, 0.3) is 0 Å². The molecule has 3 aliphatic heterocycles. The Balaban J connectivity index is 1.42. The number of fused-ring (bicyclic) bond motifs is 1. The van der Waals surface area contributed by atoms with Gasteiger partial charge in [-0.2, -0.15) is 0 Å². The van der Waals surface area contributed by atoms with Gasteiger partial charge in [-0.05, 0) is 6.42 Å². The van der Waals surface area contributed by atoms with E-state index in [1.165, 1.54) is 11.8 Å². The molecule has 1 amide bonds. The molecule has 3 fully saturated rings. The number of carbonyl (C=O) groups excluding carboxylic acids is 1. The second kappa shape index (κ2) is 6.59. The van der Waals surface area contributed by atoms with Crippen molar-refractivity contribution in [2.75, 3.05) is 23.9 Å². The zero-order valence-corrected chi connectivity index (χ0v) is 13.5. The molecular weight excluding hydrogens is 330 g/mol. The zero-order chi connectivity index (χ0) is 15.7. The van der Waals surface area contributed by atoms with Crippen LogP contribution in [0.15, 0.2) is 0 Å². The van der Waals surface area contributed by atoms with Gasteiger partial charge in [-0.1, -0.05) is 0 Å². The van der Waals surface area contributed by atoms with Gasteiger partial charge < -0.3 is 10.4 Å². The summed E-state index contributed by atoms with van der Waals surface area (Å²) >= 11 is 1.33. The van der Waals surface area contributed by atoms with Crippen molar-refractivity contribution in [2.45, 2.75) is 36.4 Å². The molecule has 5 unspecified atom stereocenters. The molecule has 0 aromatic rings. The quantitative estimate of drug-likeness (QED) is 0.308. The fraction of sp³-hybridized carbons (Fsp3) is 0.909. The van der Waals surface area contributed by atoms with Gasteiger partial charge in [-0.15, -0.1) is 11.8 Å². The molecule has 0 saturated carbocycles. The molecule has 3 rings (SSSR count). The summed E-state index contributed by atoms with van der Waals surface area (Å²) in [5.74, 6) is 0.176. The maximum atomic E-state index is 11.9. The van der Waals surface area contributed by atoms with E-state index in [-0.39, 0.29) is 46.9 Å². The zero-order valence-electron chi connectivity index (χ0n) is 11.9. The SMILES string of the molecule is O=C(CSC1NC(O)C2NCNC2N1)NC1CCS(=O)(=O)C1. The summed E-state index contributed by atoms with van der Waals surface area (Å²) in [6.45, 7) is 0.620. The summed E-state index contributed by atoms with van der Waals surface area (Å²) in [5.41, 5.74) is -0.248. The van der Waals surface area contributed by atoms with Crippen molar-refractivity contribution in [3.8, 4) is 0 Å². The van der Waals surface area contributed by atoms with Crippen molar-refractivity contribution in [1.29, 1.82) is 0 Å². The minimum atomic E-state index is -2.99. The van der Waals surface area contributed by atoms with Crippen LogP contribution in [0.5, 0.6) is 0 Å². The molecule has 0 spiro atoms. The van der Waals surface area contributed by atoms with E-state index >= 15 is 0 Å². The number of nitrogens with one attached hydrogen (secondary N) is 5. The first-order chi connectivity index (χ1) is 10.4. The van der Waals surface area contributed by atoms with Crippen LogP contribution in [-0.4, -0.2) is 73.3 Å². The second-order valence-electron chi connectivity index (χ2n) is 5.73. The lowest BCUT2D eigenvalue weighted by molar-refractivity contribution is -0.119. The molecular formula is C11H21N5O4S2. The van der Waals surface area contributed by atoms with Gasteiger partial charge in [0, 0.05) is 12.7 Å². The van der Waals surface area contributed by atoms with E-state index in [9.17, 15) is 18.3 Å². The molecule has 126 valence electrons. The van der Waals surface area contributed by atoms with Crippen LogP contribution in [0.2, 0.25) is 0 Å². The number of aliphatic hydroxyl groups excluding tert-OH is 1. The summed E-state index contributed by atoms with van der Waals surface area (Å²) in [4.78, 5) is 11.9. The minimum Gasteiger partial charge on any atom is -0.377 e. The molecule has 6 N–H and O–H groups in total. The van der Waals surface area contributed by atoms with E-state index in [1.807, 2.05) is 0 Å². The third kappa shape index (κ3) is 3.91. The van der Waals surface area contributed by atoms with Crippen molar-refractivity contribution in [1.82, 2.24) is 26.6 Å². The molecule has 0 aromatic carbocycles. The number of carbonyl (C=O) groups is 1. The normalized spacial score (nSPS) is 40.3. The van der Waals surface area contributed by atoms with Crippen molar-refractivity contribution in [3.63, 3.8) is 0 Å². The second-order valence-corrected chi connectivity index (χ2v) is 9.05. The van der Waals surface area contributed by atoms with Crippen LogP contribution in [0.1, 0.15) is 6.42 Å². The van der Waals surface area contributed by atoms with Crippen LogP contribution in [0, 0.1) is 0 Å². The molecule has 0 aromatic heterocycles. The Kier molecular flexibility index (Phi) is 4.92. The lowest BCUT2D eigenvalue weighted by Gasteiger charge is -2.37. The van der Waals surface area contributed by atoms with Crippen molar-refractivity contribution >= 4 is 27.5 Å². The predicted octanol–water partition coefficient (Wildman–Crippen LogP) is -3.34. The summed E-state index contributed by atoms with van der Waals surface area (Å²) in [5, 5.41) is 25.2. The van der Waals surface area contributed by atoms with Gasteiger partial charge in [0.15, 0.2) is 9.84 Å². The highest BCUT2D eigenvalue weighted by Crippen LogP contribution is 2.16. The Morgan fingerprint density at radius 1 is 1.32 bits per heavy atom. The Bertz CT molecular complexity index is 531. The van der Waals surface area contributed by atoms with E-state index in [4.69, 9.17) is 0 Å². The first-order valence-corrected chi connectivity index (χ1v) is 10.1. The van der Waals surface area contributed by atoms with E-state index in [0.717, 1.165) is 0 Å². The van der Waals surface area contributed by atoms with Crippen molar-refractivity contribution in [3.05, 3.63) is 0 Å². The smallest absolute Gasteiger partial charge is 0.230 e. The number of aliphatic hydroxyl groups is 1. The van der Waals surface area contributed by atoms with Crippen LogP contribution in [-0.2, 0) is 14.6 Å². The van der Waals surface area contributed by atoms with Gasteiger partial charge >= 0.3 is 0 Å². The van der Waals surface area contributed by atoms with E-state index in [2.05, 4.69) is 26.6 Å². The lowest BCUT2D eigenvalue weighted by Crippen LogP contribution is -2.67. The summed E-state index contributed by atoms with van der Waals surface area (Å²) in [6, 6.07) is -0.379. The molecule has 3 saturated heterocycles. The largest absolute Gasteiger partial charge is 0.377 e. The van der Waals surface area contributed by atoms with E-state index in [0.29, 0.717) is 13.1 Å². The van der Waals surface area contributed by atoms with Crippen molar-refractivity contribution < 1.29 is 18.3 Å². The Morgan fingerprint density at radius 2 is 2.14 bits per heavy atom. The number of hydrogen-bond acceptors (Lipinski definition) is 9. The van der Waals surface area contributed by atoms with Gasteiger partial charge in [0.1, 0.15) is 11.7 Å². The molecule has 3 heterocycles. The molecule has 3 aliphatic rings. The first kappa shape index (κ1) is 16.4. The number of sulfone groups is 1. The average Bonchev–Trinajstić information content (AvgIpc) is 3.03. The van der Waals surface area contributed by atoms with Crippen LogP contribution in [0.25, 0.3) is 0 Å². The molecule has 22 heavy (non-hydrogen) atoms. The van der Waals surface area contributed by atoms with E-state index in [1.54, 1.807) is 0 Å². The summed E-state index contributed by atoms with van der Waals surface area (Å²) < 4.78 is 22.7. The fourth-order valence-corrected chi connectivity index (χ4v) is 5.44. The lowest BCUT2D eigenvalue weighted by atomic mass is 10.2. The van der Waals surface area contributed by atoms with E-state index < -0.39 is 16.1 Å². The first-order valence-electron chi connectivity index (χ1n) is 7.21. The van der Waals surface area contributed by atoms with Gasteiger partial charge in [0.05, 0.1) is 29.5 Å². The standard InChI is InChI=1S/C11H21N5O4S2/c17-7(14-6-1-2-22(19,20)4-6)3-21-11-15-9-8(10(18)16-11)12-5-13-9/h6,8-13,15-16,18H,1-5H2,(H,14,17). The van der Waals surface area contributed by atoms with Crippen LogP contribution in [0.4, 0.5) is 0 Å². The van der Waals surface area contributed by atoms with Gasteiger partial charge in [-0.25, -0.2) is 8.42 Å². The Hall–Kier alpha value is -0.430. The number of hydrogen-bond donors (Lipinski definition) is 6. The van der Waals surface area contributed by atoms with Gasteiger partial charge in [-0.3, -0.25) is 26.1 Å². The maximum Gasteiger partial charge on any atom is 0.230 e. The van der Waals surface area contributed by atoms with Crippen LogP contribution in [0.3, 0.4) is 0 Å². The maximum absolute atomic E-state index is 11.9. The van der Waals surface area contributed by atoms with Crippen molar-refractivity contribution in [2.24, 2.45) is 0 Å². The molecule has 5 atom stereocenters. The van der Waals surface area contributed by atoms with Gasteiger partial charge in [0.2, 0.25) is 5.91 Å². The molecule has 0 bridgehead atoms. The minimum absolute atomic E-state index is 0.0292. The van der Waals surface area contributed by atoms with Crippen LogP contribution < -0.4 is 26.6 Å². The third-order valence-corrected chi connectivity index (χ3v) is 6.79. The number of thioether (sulfide) groups is 1. The fourth-order valence-electron chi connectivity index (χ4n) is 2.89. The van der Waals surface area contributed by atoms with Crippen LogP contribution >= 0.6 is 11.8 Å². The highest BCUT2D eigenvalue weighted by Gasteiger charge is 2.39. The molecule has 11 heteroatoms. The Labute approximate surface area is 133 Å². The average molecular weight is 351 g/mol. The predicted molar refractivity (Wildman–Crippen MR) is 82.4 cm³/mol.